The second-order valence-electron chi connectivity index (χ2n) is 8.57. The maximum atomic E-state index is 12.9. The lowest BCUT2D eigenvalue weighted by molar-refractivity contribution is -0.124. The van der Waals surface area contributed by atoms with Crippen LogP contribution >= 0.6 is 0 Å². The van der Waals surface area contributed by atoms with E-state index in [4.69, 9.17) is 4.74 Å². The van der Waals surface area contributed by atoms with Gasteiger partial charge in [-0.1, -0.05) is 44.4 Å². The average molecular weight is 475 g/mol. The number of nitrogens with one attached hydrogen (secondary N) is 2. The van der Waals surface area contributed by atoms with E-state index in [9.17, 15) is 9.59 Å². The number of urea groups is 1. The largest absolute Gasteiger partial charge is 0.497 e. The number of ether oxygens (including phenoxy) is 1. The van der Waals surface area contributed by atoms with E-state index in [0.717, 1.165) is 33.7 Å². The molecule has 0 radical (unpaired) electrons. The smallest absolute Gasteiger partial charge is 0.322 e. The number of nitrogens with zero attached hydrogens (tertiary/aromatic N) is 2. The second kappa shape index (κ2) is 11.1. The fourth-order valence-corrected chi connectivity index (χ4v) is 4.25. The van der Waals surface area contributed by atoms with Gasteiger partial charge in [-0.15, -0.1) is 0 Å². The van der Waals surface area contributed by atoms with Gasteiger partial charge in [0.1, 0.15) is 11.3 Å². The molecule has 7 nitrogen and oxygen atoms in total. The van der Waals surface area contributed by atoms with Gasteiger partial charge < -0.3 is 15.0 Å². The van der Waals surface area contributed by atoms with Gasteiger partial charge >= 0.3 is 6.03 Å². The van der Waals surface area contributed by atoms with Crippen LogP contribution in [-0.2, 0) is 16.9 Å². The number of carbonyl (C=O) groups excluding carboxylic acids is 2. The van der Waals surface area contributed by atoms with E-state index in [2.05, 4.69) is 34.0 Å². The first-order chi connectivity index (χ1) is 16.8. The normalized spacial score (nSPS) is 18.2. The van der Waals surface area contributed by atoms with Gasteiger partial charge in [-0.25, -0.2) is 4.79 Å². The molecule has 2 aromatic carbocycles. The molecule has 2 aromatic rings. The molecule has 1 saturated heterocycles. The Hall–Kier alpha value is -3.76. The maximum absolute atomic E-state index is 12.9. The van der Waals surface area contributed by atoms with Gasteiger partial charge in [0.05, 0.1) is 13.7 Å². The van der Waals surface area contributed by atoms with E-state index in [1.165, 1.54) is 0 Å². The lowest BCUT2D eigenvalue weighted by Gasteiger charge is -2.30. The second-order valence-corrected chi connectivity index (χ2v) is 8.57. The number of hydrogen-bond acceptors (Lipinski definition) is 5. The van der Waals surface area contributed by atoms with Crippen molar-refractivity contribution in [3.63, 3.8) is 0 Å². The minimum Gasteiger partial charge on any atom is -0.497 e. The standard InChI is InChI=1S/C26H28N4O3.C2H6/c1-18-23-12-11-22(33-4)16-20(23)17-30(18)15-13-26(24(31)27-25(32)28-26)21-9-7-19(8-10-21)6-5-14-29(2)3;1-2/h7-12,16H,1,13-15,17H2,2-4H3,(H2,27,28,31,32);1-2H3. The van der Waals surface area contributed by atoms with Crippen molar-refractivity contribution in [3.05, 3.63) is 71.3 Å². The summed E-state index contributed by atoms with van der Waals surface area (Å²) in [7, 11) is 5.58. The van der Waals surface area contributed by atoms with Crippen LogP contribution < -0.4 is 15.4 Å². The first-order valence-electron chi connectivity index (χ1n) is 11.8. The van der Waals surface area contributed by atoms with Crippen LogP contribution in [0.3, 0.4) is 0 Å². The highest BCUT2D eigenvalue weighted by Crippen LogP contribution is 2.36. The van der Waals surface area contributed by atoms with E-state index in [1.54, 1.807) is 7.11 Å². The van der Waals surface area contributed by atoms with Crippen molar-refractivity contribution in [1.29, 1.82) is 0 Å². The summed E-state index contributed by atoms with van der Waals surface area (Å²) in [6.07, 6.45) is 0.403. The number of carbonyl (C=O) groups is 2. The minimum absolute atomic E-state index is 0.345. The van der Waals surface area contributed by atoms with Gasteiger partial charge in [-0.05, 0) is 55.6 Å². The fraction of sp³-hybridized carbons (Fsp3) is 0.357. The van der Waals surface area contributed by atoms with E-state index in [-0.39, 0.29) is 5.91 Å². The summed E-state index contributed by atoms with van der Waals surface area (Å²) in [4.78, 5) is 29.2. The highest BCUT2D eigenvalue weighted by molar-refractivity contribution is 6.07. The molecule has 7 heteroatoms. The number of methoxy groups -OCH3 is 1. The van der Waals surface area contributed by atoms with Gasteiger partial charge in [0.25, 0.3) is 5.91 Å². The SMILES string of the molecule is C=C1c2ccc(OC)cc2CN1CCC1(c2ccc(C#CCN(C)C)cc2)NC(=O)NC1=O.CC. The Morgan fingerprint density at radius 1 is 1.14 bits per heavy atom. The molecular formula is C28H34N4O3. The molecular weight excluding hydrogens is 440 g/mol. The van der Waals surface area contributed by atoms with Gasteiger partial charge in [-0.2, -0.15) is 0 Å². The van der Waals surface area contributed by atoms with E-state index < -0.39 is 11.6 Å². The molecule has 2 N–H and O–H groups in total. The van der Waals surface area contributed by atoms with Crippen LogP contribution in [0.15, 0.2) is 49.0 Å². The van der Waals surface area contributed by atoms with Crippen LogP contribution in [0.25, 0.3) is 5.70 Å². The van der Waals surface area contributed by atoms with Crippen molar-refractivity contribution in [2.24, 2.45) is 0 Å². The van der Waals surface area contributed by atoms with Gasteiger partial charge in [0.15, 0.2) is 0 Å². The Morgan fingerprint density at radius 2 is 1.86 bits per heavy atom. The van der Waals surface area contributed by atoms with Crippen LogP contribution in [0.2, 0.25) is 0 Å². The molecule has 2 heterocycles. The molecule has 1 unspecified atom stereocenters. The third-order valence-corrected chi connectivity index (χ3v) is 6.07. The Kier molecular flexibility index (Phi) is 8.21. The summed E-state index contributed by atoms with van der Waals surface area (Å²) >= 11 is 0. The summed E-state index contributed by atoms with van der Waals surface area (Å²) in [5.74, 6) is 6.68. The zero-order valence-electron chi connectivity index (χ0n) is 21.2. The lowest BCUT2D eigenvalue weighted by atomic mass is 9.86. The minimum atomic E-state index is -1.14. The maximum Gasteiger partial charge on any atom is 0.322 e. The van der Waals surface area contributed by atoms with E-state index in [1.807, 2.05) is 75.3 Å². The summed E-state index contributed by atoms with van der Waals surface area (Å²) in [5.41, 5.74) is 3.56. The Balaban J connectivity index is 0.00000167. The topological polar surface area (TPSA) is 73.9 Å². The highest BCUT2D eigenvalue weighted by atomic mass is 16.5. The molecule has 0 aromatic heterocycles. The molecule has 2 aliphatic rings. The van der Waals surface area contributed by atoms with Gasteiger partial charge in [-0.3, -0.25) is 15.0 Å². The van der Waals surface area contributed by atoms with Crippen LogP contribution in [0, 0.1) is 11.8 Å². The number of rotatable bonds is 6. The molecule has 0 bridgehead atoms. The molecule has 0 aliphatic carbocycles. The fourth-order valence-electron chi connectivity index (χ4n) is 4.25. The van der Waals surface area contributed by atoms with Crippen LogP contribution in [0.4, 0.5) is 4.79 Å². The molecule has 3 amide bonds. The zero-order chi connectivity index (χ0) is 25.6. The summed E-state index contributed by atoms with van der Waals surface area (Å²) in [5, 5.41) is 5.28. The van der Waals surface area contributed by atoms with Crippen molar-refractivity contribution in [2.75, 3.05) is 34.3 Å². The lowest BCUT2D eigenvalue weighted by Crippen LogP contribution is -2.45. The van der Waals surface area contributed by atoms with Crippen LogP contribution in [0.5, 0.6) is 5.75 Å². The first kappa shape index (κ1) is 25.9. The van der Waals surface area contributed by atoms with Crippen LogP contribution in [0.1, 0.15) is 42.5 Å². The van der Waals surface area contributed by atoms with Crippen LogP contribution in [-0.4, -0.2) is 56.0 Å². The Labute approximate surface area is 208 Å². The highest BCUT2D eigenvalue weighted by Gasteiger charge is 2.47. The third kappa shape index (κ3) is 5.50. The number of imide groups is 1. The van der Waals surface area contributed by atoms with E-state index >= 15 is 0 Å². The summed E-state index contributed by atoms with van der Waals surface area (Å²) < 4.78 is 5.34. The van der Waals surface area contributed by atoms with E-state index in [0.29, 0.717) is 26.1 Å². The summed E-state index contributed by atoms with van der Waals surface area (Å²) in [6.45, 7) is 10.1. The Morgan fingerprint density at radius 3 is 2.46 bits per heavy atom. The molecule has 1 atom stereocenters. The number of hydrogen-bond donors (Lipinski definition) is 2. The number of amides is 3. The summed E-state index contributed by atoms with van der Waals surface area (Å²) in [6, 6.07) is 12.9. The Bertz CT molecular complexity index is 1160. The predicted molar refractivity (Wildman–Crippen MR) is 139 cm³/mol. The number of fused-ring (bicyclic) bond motifs is 1. The molecule has 4 rings (SSSR count). The van der Waals surface area contributed by atoms with Gasteiger partial charge in [0.2, 0.25) is 0 Å². The van der Waals surface area contributed by atoms with Crippen molar-refractivity contribution in [3.8, 4) is 17.6 Å². The monoisotopic (exact) mass is 474 g/mol. The van der Waals surface area contributed by atoms with Crippen molar-refractivity contribution < 1.29 is 14.3 Å². The quantitative estimate of drug-likeness (QED) is 0.495. The van der Waals surface area contributed by atoms with Crippen molar-refractivity contribution in [2.45, 2.75) is 32.4 Å². The third-order valence-electron chi connectivity index (χ3n) is 6.07. The van der Waals surface area contributed by atoms with Crippen molar-refractivity contribution in [1.82, 2.24) is 20.4 Å². The predicted octanol–water partition coefficient (Wildman–Crippen LogP) is 3.55. The average Bonchev–Trinajstić information content (AvgIpc) is 3.33. The molecule has 35 heavy (non-hydrogen) atoms. The molecule has 1 fully saturated rings. The molecule has 0 saturated carbocycles. The van der Waals surface area contributed by atoms with Crippen molar-refractivity contribution >= 4 is 17.6 Å². The number of benzene rings is 2. The molecule has 0 spiro atoms. The molecule has 2 aliphatic heterocycles. The molecule has 184 valence electrons. The zero-order valence-corrected chi connectivity index (χ0v) is 21.2. The van der Waals surface area contributed by atoms with Gasteiger partial charge in [0, 0.05) is 36.3 Å². The first-order valence-corrected chi connectivity index (χ1v) is 11.8.